The van der Waals surface area contributed by atoms with Crippen LogP contribution in [-0.2, 0) is 4.79 Å². The molecule has 2 N–H and O–H groups in total. The Hall–Kier alpha value is -3.71. The maximum Gasteiger partial charge on any atom is 0.279 e. The molecule has 0 unspecified atom stereocenters. The quantitative estimate of drug-likeness (QED) is 0.477. The third-order valence-electron chi connectivity index (χ3n) is 5.59. The molecule has 0 bridgehead atoms. The summed E-state index contributed by atoms with van der Waals surface area (Å²) in [5.74, 6) is 0.00201. The zero-order valence-corrected chi connectivity index (χ0v) is 17.2. The van der Waals surface area contributed by atoms with E-state index in [2.05, 4.69) is 10.2 Å². The number of non-ortho nitro benzene ring substituents is 1. The average molecular weight is 417 g/mol. The first-order valence-electron chi connectivity index (χ1n) is 10.4. The minimum atomic E-state index is -0.388. The van der Waals surface area contributed by atoms with Crippen LogP contribution in [0.5, 0.6) is 0 Å². The fourth-order valence-corrected chi connectivity index (χ4v) is 3.93. The summed E-state index contributed by atoms with van der Waals surface area (Å²) in [6, 6.07) is 24.5. The standard InChI is InChI=1S/C24H24N4O3/c29-24(25-23-9-5-4-8-22(23)19-6-2-1-3-7-19)18-26-14-16-27(17-15-26)20-10-12-21(13-11-20)28(30)31/h1-13H,14-18H2,(H,25,29)/p+1. The number of rotatable bonds is 6. The molecule has 0 aliphatic carbocycles. The van der Waals surface area contributed by atoms with E-state index in [0.29, 0.717) is 6.54 Å². The van der Waals surface area contributed by atoms with E-state index in [1.165, 1.54) is 17.0 Å². The molecule has 1 fully saturated rings. The van der Waals surface area contributed by atoms with Crippen LogP contribution in [0.2, 0.25) is 0 Å². The number of hydrogen-bond acceptors (Lipinski definition) is 4. The molecule has 158 valence electrons. The lowest BCUT2D eigenvalue weighted by atomic mass is 10.0. The molecule has 4 rings (SSSR count). The van der Waals surface area contributed by atoms with Crippen molar-refractivity contribution in [3.8, 4) is 11.1 Å². The van der Waals surface area contributed by atoms with Crippen LogP contribution in [0.4, 0.5) is 17.1 Å². The number of quaternary nitrogens is 1. The molecule has 0 saturated carbocycles. The van der Waals surface area contributed by atoms with Crippen LogP contribution in [-0.4, -0.2) is 43.6 Å². The Morgan fingerprint density at radius 3 is 2.26 bits per heavy atom. The molecular formula is C24H25N4O3+. The van der Waals surface area contributed by atoms with Crippen molar-refractivity contribution in [3.63, 3.8) is 0 Å². The second-order valence-electron chi connectivity index (χ2n) is 7.65. The molecule has 1 aliphatic heterocycles. The number of carbonyl (C=O) groups is 1. The lowest BCUT2D eigenvalue weighted by Gasteiger charge is -2.33. The highest BCUT2D eigenvalue weighted by atomic mass is 16.6. The van der Waals surface area contributed by atoms with Gasteiger partial charge in [0, 0.05) is 29.1 Å². The normalized spacial score (nSPS) is 14.3. The number of amides is 1. The van der Waals surface area contributed by atoms with E-state index < -0.39 is 0 Å². The predicted molar refractivity (Wildman–Crippen MR) is 121 cm³/mol. The smallest absolute Gasteiger partial charge is 0.279 e. The number of nitrogens with zero attached hydrogens (tertiary/aromatic N) is 2. The van der Waals surface area contributed by atoms with Gasteiger partial charge in [0.25, 0.3) is 11.6 Å². The maximum absolute atomic E-state index is 12.7. The summed E-state index contributed by atoms with van der Waals surface area (Å²) >= 11 is 0. The van der Waals surface area contributed by atoms with Gasteiger partial charge in [0.15, 0.2) is 6.54 Å². The molecule has 0 aromatic heterocycles. The van der Waals surface area contributed by atoms with Crippen LogP contribution in [0.3, 0.4) is 0 Å². The minimum absolute atomic E-state index is 0.00201. The summed E-state index contributed by atoms with van der Waals surface area (Å²) in [5.41, 5.74) is 3.98. The number of para-hydroxylation sites is 1. The molecule has 1 amide bonds. The first-order chi connectivity index (χ1) is 15.1. The van der Waals surface area contributed by atoms with Gasteiger partial charge >= 0.3 is 0 Å². The Kier molecular flexibility index (Phi) is 6.24. The van der Waals surface area contributed by atoms with Gasteiger partial charge in [0.1, 0.15) is 0 Å². The average Bonchev–Trinajstić information content (AvgIpc) is 2.80. The molecule has 1 aliphatic rings. The second-order valence-corrected chi connectivity index (χ2v) is 7.65. The van der Waals surface area contributed by atoms with Crippen molar-refractivity contribution in [2.75, 3.05) is 42.9 Å². The monoisotopic (exact) mass is 417 g/mol. The van der Waals surface area contributed by atoms with Crippen molar-refractivity contribution >= 4 is 23.0 Å². The summed E-state index contributed by atoms with van der Waals surface area (Å²) in [5, 5.41) is 13.9. The van der Waals surface area contributed by atoms with Gasteiger partial charge in [-0.1, -0.05) is 48.5 Å². The van der Waals surface area contributed by atoms with E-state index in [9.17, 15) is 14.9 Å². The highest BCUT2D eigenvalue weighted by Gasteiger charge is 2.23. The van der Waals surface area contributed by atoms with E-state index in [0.717, 1.165) is 48.7 Å². The first-order valence-corrected chi connectivity index (χ1v) is 10.4. The van der Waals surface area contributed by atoms with Crippen molar-refractivity contribution < 1.29 is 14.6 Å². The maximum atomic E-state index is 12.7. The van der Waals surface area contributed by atoms with Crippen LogP contribution < -0.4 is 15.1 Å². The SMILES string of the molecule is O=C(C[NH+]1CCN(c2ccc([N+](=O)[O-])cc2)CC1)Nc1ccccc1-c1ccccc1. The zero-order chi connectivity index (χ0) is 21.6. The second kappa shape index (κ2) is 9.40. The summed E-state index contributed by atoms with van der Waals surface area (Å²) in [6.07, 6.45) is 0. The molecule has 7 nitrogen and oxygen atoms in total. The van der Waals surface area contributed by atoms with Crippen LogP contribution >= 0.6 is 0 Å². The van der Waals surface area contributed by atoms with Crippen LogP contribution in [0.15, 0.2) is 78.9 Å². The molecule has 1 saturated heterocycles. The lowest BCUT2D eigenvalue weighted by molar-refractivity contribution is -0.892. The van der Waals surface area contributed by atoms with Gasteiger partial charge in [-0.25, -0.2) is 0 Å². The van der Waals surface area contributed by atoms with Gasteiger partial charge in [0.05, 0.1) is 31.1 Å². The zero-order valence-electron chi connectivity index (χ0n) is 17.2. The fraction of sp³-hybridized carbons (Fsp3) is 0.208. The largest absolute Gasteiger partial charge is 0.360 e. The number of benzene rings is 3. The Morgan fingerprint density at radius 1 is 0.935 bits per heavy atom. The number of nitro benzene ring substituents is 1. The molecule has 0 atom stereocenters. The Bertz CT molecular complexity index is 1050. The Morgan fingerprint density at radius 2 is 1.58 bits per heavy atom. The third-order valence-corrected chi connectivity index (χ3v) is 5.59. The summed E-state index contributed by atoms with van der Waals surface area (Å²) < 4.78 is 0. The topological polar surface area (TPSA) is 79.9 Å². The van der Waals surface area contributed by atoms with E-state index >= 15 is 0 Å². The van der Waals surface area contributed by atoms with Crippen molar-refractivity contribution in [2.45, 2.75) is 0 Å². The van der Waals surface area contributed by atoms with Gasteiger partial charge in [-0.15, -0.1) is 0 Å². The van der Waals surface area contributed by atoms with Crippen molar-refractivity contribution in [3.05, 3.63) is 89.0 Å². The van der Waals surface area contributed by atoms with Crippen LogP contribution in [0.1, 0.15) is 0 Å². The summed E-state index contributed by atoms with van der Waals surface area (Å²) in [4.78, 5) is 26.6. The number of hydrogen-bond donors (Lipinski definition) is 2. The third kappa shape index (κ3) is 5.07. The van der Waals surface area contributed by atoms with E-state index in [1.54, 1.807) is 12.1 Å². The Balaban J connectivity index is 1.32. The highest BCUT2D eigenvalue weighted by Crippen LogP contribution is 2.27. The molecular weight excluding hydrogens is 392 g/mol. The van der Waals surface area contributed by atoms with Gasteiger partial charge in [-0.2, -0.15) is 0 Å². The van der Waals surface area contributed by atoms with Crippen LogP contribution in [0.25, 0.3) is 11.1 Å². The summed E-state index contributed by atoms with van der Waals surface area (Å²) in [7, 11) is 0. The Labute approximate surface area is 181 Å². The molecule has 0 radical (unpaired) electrons. The van der Waals surface area contributed by atoms with Gasteiger partial charge in [0.2, 0.25) is 0 Å². The molecule has 31 heavy (non-hydrogen) atoms. The number of carbonyl (C=O) groups excluding carboxylic acids is 1. The fourth-order valence-electron chi connectivity index (χ4n) is 3.93. The van der Waals surface area contributed by atoms with E-state index in [1.807, 2.05) is 54.6 Å². The predicted octanol–water partition coefficient (Wildman–Crippen LogP) is 2.61. The molecule has 7 heteroatoms. The van der Waals surface area contributed by atoms with Crippen molar-refractivity contribution in [1.82, 2.24) is 0 Å². The highest BCUT2D eigenvalue weighted by molar-refractivity contribution is 5.96. The number of anilines is 2. The van der Waals surface area contributed by atoms with Crippen molar-refractivity contribution in [1.29, 1.82) is 0 Å². The van der Waals surface area contributed by atoms with Crippen molar-refractivity contribution in [2.24, 2.45) is 0 Å². The van der Waals surface area contributed by atoms with Gasteiger partial charge in [-0.3, -0.25) is 14.9 Å². The molecule has 3 aromatic rings. The van der Waals surface area contributed by atoms with Gasteiger partial charge < -0.3 is 15.1 Å². The summed E-state index contributed by atoms with van der Waals surface area (Å²) in [6.45, 7) is 3.70. The van der Waals surface area contributed by atoms with Gasteiger partial charge in [-0.05, 0) is 23.8 Å². The van der Waals surface area contributed by atoms with E-state index in [-0.39, 0.29) is 16.5 Å². The number of nitrogens with one attached hydrogen (secondary N) is 2. The number of nitro groups is 1. The minimum Gasteiger partial charge on any atom is -0.360 e. The molecule has 1 heterocycles. The lowest BCUT2D eigenvalue weighted by Crippen LogP contribution is -3.15. The number of piperazine rings is 1. The molecule has 0 spiro atoms. The van der Waals surface area contributed by atoms with Crippen LogP contribution in [0, 0.1) is 10.1 Å². The first kappa shape index (κ1) is 20.6. The van der Waals surface area contributed by atoms with E-state index in [4.69, 9.17) is 0 Å². The molecule has 3 aromatic carbocycles.